The Hall–Kier alpha value is -1.84. The average Bonchev–Trinajstić information content (AvgIpc) is 2.81. The summed E-state index contributed by atoms with van der Waals surface area (Å²) >= 11 is 0. The van der Waals surface area contributed by atoms with E-state index in [4.69, 9.17) is 4.74 Å². The molecule has 0 spiro atoms. The van der Waals surface area contributed by atoms with Gasteiger partial charge in [0.1, 0.15) is 0 Å². The van der Waals surface area contributed by atoms with Crippen LogP contribution in [0.4, 0.5) is 0 Å². The van der Waals surface area contributed by atoms with Crippen LogP contribution in [-0.4, -0.2) is 24.1 Å². The van der Waals surface area contributed by atoms with Crippen LogP contribution in [0.2, 0.25) is 0 Å². The first-order valence-electron chi connectivity index (χ1n) is 7.86. The lowest BCUT2D eigenvalue weighted by Crippen LogP contribution is -2.32. The molecule has 2 bridgehead atoms. The third-order valence-electron chi connectivity index (χ3n) is 6.10. The monoisotopic (exact) mass is 300 g/mol. The number of rotatable bonds is 3. The highest BCUT2D eigenvalue weighted by molar-refractivity contribution is 5.94. The van der Waals surface area contributed by atoms with Gasteiger partial charge >= 0.3 is 0 Å². The maximum absolute atomic E-state index is 9.78. The van der Waals surface area contributed by atoms with Crippen molar-refractivity contribution in [1.82, 2.24) is 0 Å². The number of hydrogen-bond acceptors (Lipinski definition) is 4. The van der Waals surface area contributed by atoms with Gasteiger partial charge in [-0.1, -0.05) is 20.8 Å². The van der Waals surface area contributed by atoms with Gasteiger partial charge in [-0.25, -0.2) is 0 Å². The molecule has 4 heteroatoms. The van der Waals surface area contributed by atoms with Crippen molar-refractivity contribution >= 4 is 11.9 Å². The quantitative estimate of drug-likeness (QED) is 0.677. The second-order valence-corrected chi connectivity index (χ2v) is 7.22. The second-order valence-electron chi connectivity index (χ2n) is 7.22. The molecule has 2 saturated carbocycles. The third kappa shape index (κ3) is 2.13. The first-order chi connectivity index (χ1) is 10.4. The lowest BCUT2D eigenvalue weighted by molar-refractivity contribution is 0.194. The fourth-order valence-electron chi connectivity index (χ4n) is 4.03. The number of ether oxygens (including phenoxy) is 1. The minimum Gasteiger partial charge on any atom is -0.504 e. The Morgan fingerprint density at radius 2 is 2.09 bits per heavy atom. The number of benzene rings is 1. The maximum Gasteiger partial charge on any atom is 0.160 e. The highest BCUT2D eigenvalue weighted by Gasteiger charge is 2.59. The normalized spacial score (nSPS) is 31.3. The molecule has 1 N–H and O–H groups in total. The van der Waals surface area contributed by atoms with Crippen molar-refractivity contribution in [2.75, 3.05) is 7.11 Å². The van der Waals surface area contributed by atoms with E-state index >= 15 is 0 Å². The van der Waals surface area contributed by atoms with Gasteiger partial charge in [0, 0.05) is 11.1 Å². The van der Waals surface area contributed by atoms with E-state index in [-0.39, 0.29) is 11.2 Å². The summed E-state index contributed by atoms with van der Waals surface area (Å²) in [5, 5.41) is 18.6. The molecular weight excluding hydrogens is 276 g/mol. The molecule has 1 aromatic rings. The van der Waals surface area contributed by atoms with Gasteiger partial charge in [-0.3, -0.25) is 0 Å². The van der Waals surface area contributed by atoms with Gasteiger partial charge in [0.15, 0.2) is 11.5 Å². The maximum atomic E-state index is 9.78. The molecule has 2 aliphatic rings. The van der Waals surface area contributed by atoms with E-state index in [9.17, 15) is 5.11 Å². The predicted octanol–water partition coefficient (Wildman–Crippen LogP) is 4.02. The fraction of sp³-hybridized carbons (Fsp3) is 0.556. The zero-order valence-electron chi connectivity index (χ0n) is 13.8. The summed E-state index contributed by atoms with van der Waals surface area (Å²) in [4.78, 5) is 0. The molecule has 0 unspecified atom stereocenters. The lowest BCUT2D eigenvalue weighted by Gasteiger charge is -2.34. The topological polar surface area (TPSA) is 54.2 Å². The van der Waals surface area contributed by atoms with Crippen LogP contribution in [0, 0.1) is 16.7 Å². The standard InChI is InChI=1S/C18H24N2O2/c1-17(2)13-7-8-18(17,3)16(10-13)20-19-11-12-5-6-15(22-4)14(21)9-12/h5-6,9,11,13,21H,7-8,10H2,1-4H3/b19-11-,20-16-/t13-,18+/m1/s1. The van der Waals surface area contributed by atoms with Crippen LogP contribution in [0.25, 0.3) is 0 Å². The minimum absolute atomic E-state index is 0.118. The summed E-state index contributed by atoms with van der Waals surface area (Å²) < 4.78 is 5.03. The summed E-state index contributed by atoms with van der Waals surface area (Å²) in [7, 11) is 1.53. The van der Waals surface area contributed by atoms with Crippen LogP contribution in [0.3, 0.4) is 0 Å². The van der Waals surface area contributed by atoms with E-state index < -0.39 is 0 Å². The van der Waals surface area contributed by atoms with Crippen LogP contribution in [0.1, 0.15) is 45.6 Å². The van der Waals surface area contributed by atoms with Gasteiger partial charge in [0.05, 0.1) is 13.3 Å². The smallest absolute Gasteiger partial charge is 0.160 e. The molecule has 2 aliphatic carbocycles. The molecule has 0 radical (unpaired) electrons. The zero-order valence-corrected chi connectivity index (χ0v) is 13.8. The summed E-state index contributed by atoms with van der Waals surface area (Å²) in [6.07, 6.45) is 5.27. The van der Waals surface area contributed by atoms with Gasteiger partial charge in [-0.2, -0.15) is 10.2 Å². The number of fused-ring (bicyclic) bond motifs is 2. The van der Waals surface area contributed by atoms with Gasteiger partial charge in [-0.15, -0.1) is 0 Å². The van der Waals surface area contributed by atoms with E-state index in [0.29, 0.717) is 11.2 Å². The molecule has 0 heterocycles. The summed E-state index contributed by atoms with van der Waals surface area (Å²) in [5.41, 5.74) is 2.54. The van der Waals surface area contributed by atoms with Gasteiger partial charge in [0.25, 0.3) is 0 Å². The van der Waals surface area contributed by atoms with E-state index in [1.54, 1.807) is 18.3 Å². The van der Waals surface area contributed by atoms with Crippen molar-refractivity contribution in [2.24, 2.45) is 27.0 Å². The summed E-state index contributed by atoms with van der Waals surface area (Å²) in [5.74, 6) is 1.31. The molecule has 2 atom stereocenters. The molecule has 4 nitrogen and oxygen atoms in total. The molecule has 0 saturated heterocycles. The Labute approximate surface area is 131 Å². The van der Waals surface area contributed by atoms with Crippen molar-refractivity contribution < 1.29 is 9.84 Å². The molecule has 1 aromatic carbocycles. The third-order valence-corrected chi connectivity index (χ3v) is 6.10. The van der Waals surface area contributed by atoms with Crippen LogP contribution < -0.4 is 4.74 Å². The van der Waals surface area contributed by atoms with Crippen LogP contribution in [0.5, 0.6) is 11.5 Å². The summed E-state index contributed by atoms with van der Waals surface area (Å²) in [6, 6.07) is 5.22. The van der Waals surface area contributed by atoms with Crippen LogP contribution in [-0.2, 0) is 0 Å². The Bertz CT molecular complexity index is 648. The van der Waals surface area contributed by atoms with E-state index in [0.717, 1.165) is 17.9 Å². The number of aromatic hydroxyl groups is 1. The number of hydrogen-bond donors (Lipinski definition) is 1. The van der Waals surface area contributed by atoms with E-state index in [1.165, 1.54) is 25.7 Å². The number of methoxy groups -OCH3 is 1. The molecular formula is C18H24N2O2. The second kappa shape index (κ2) is 5.11. The first kappa shape index (κ1) is 15.1. The van der Waals surface area contributed by atoms with E-state index in [1.807, 2.05) is 6.07 Å². The lowest BCUT2D eigenvalue weighted by atomic mass is 9.70. The Morgan fingerprint density at radius 1 is 1.32 bits per heavy atom. The zero-order chi connectivity index (χ0) is 16.0. The molecule has 0 amide bonds. The highest BCUT2D eigenvalue weighted by atomic mass is 16.5. The van der Waals surface area contributed by atoms with Gasteiger partial charge < -0.3 is 9.84 Å². The van der Waals surface area contributed by atoms with Crippen molar-refractivity contribution in [3.8, 4) is 11.5 Å². The summed E-state index contributed by atoms with van der Waals surface area (Å²) in [6.45, 7) is 7.05. The Balaban J connectivity index is 1.79. The first-order valence-corrected chi connectivity index (χ1v) is 7.86. The minimum atomic E-state index is 0.118. The highest BCUT2D eigenvalue weighted by Crippen LogP contribution is 2.63. The van der Waals surface area contributed by atoms with Gasteiger partial charge in [0.2, 0.25) is 0 Å². The average molecular weight is 300 g/mol. The van der Waals surface area contributed by atoms with Crippen molar-refractivity contribution in [2.45, 2.75) is 40.0 Å². The molecule has 2 fully saturated rings. The van der Waals surface area contributed by atoms with Crippen LogP contribution in [0.15, 0.2) is 28.4 Å². The van der Waals surface area contributed by atoms with E-state index in [2.05, 4.69) is 31.0 Å². The van der Waals surface area contributed by atoms with Crippen molar-refractivity contribution in [3.63, 3.8) is 0 Å². The number of phenols is 1. The van der Waals surface area contributed by atoms with Gasteiger partial charge in [-0.05, 0) is 54.4 Å². The van der Waals surface area contributed by atoms with Crippen LogP contribution >= 0.6 is 0 Å². The Morgan fingerprint density at radius 3 is 2.64 bits per heavy atom. The Kier molecular flexibility index (Phi) is 3.50. The number of nitrogens with zero attached hydrogens (tertiary/aromatic N) is 2. The molecule has 0 aliphatic heterocycles. The largest absolute Gasteiger partial charge is 0.504 e. The fourth-order valence-corrected chi connectivity index (χ4v) is 4.03. The molecule has 0 aromatic heterocycles. The molecule has 22 heavy (non-hydrogen) atoms. The van der Waals surface area contributed by atoms with Crippen molar-refractivity contribution in [1.29, 1.82) is 0 Å². The predicted molar refractivity (Wildman–Crippen MR) is 88.9 cm³/mol. The number of phenolic OH excluding ortho intramolecular Hbond substituents is 1. The molecule has 118 valence electrons. The SMILES string of the molecule is COc1ccc(/C=N\N=C2\C[C@H]3CC[C@]2(C)C3(C)C)cc1O. The van der Waals surface area contributed by atoms with Crippen molar-refractivity contribution in [3.05, 3.63) is 23.8 Å². The molecule has 3 rings (SSSR count).